The van der Waals surface area contributed by atoms with E-state index in [1.165, 1.54) is 22.0 Å². The van der Waals surface area contributed by atoms with Crippen molar-refractivity contribution in [2.24, 2.45) is 0 Å². The van der Waals surface area contributed by atoms with Gasteiger partial charge in [0.25, 0.3) is 0 Å². The van der Waals surface area contributed by atoms with Crippen LogP contribution in [0.2, 0.25) is 0 Å². The second-order valence-electron chi connectivity index (χ2n) is 10.3. The van der Waals surface area contributed by atoms with Gasteiger partial charge in [0, 0.05) is 67.6 Å². The lowest BCUT2D eigenvalue weighted by Gasteiger charge is -2.34. The normalized spacial score (nSPS) is 15.9. The van der Waals surface area contributed by atoms with Gasteiger partial charge in [-0.2, -0.15) is 0 Å². The number of piperazine rings is 1. The molecule has 1 fully saturated rings. The maximum absolute atomic E-state index is 9.46. The summed E-state index contributed by atoms with van der Waals surface area (Å²) in [5.41, 5.74) is 7.04. The molecular formula is C32H34N6O. The van der Waals surface area contributed by atoms with Crippen molar-refractivity contribution in [3.8, 4) is 17.0 Å². The Kier molecular flexibility index (Phi) is 7.52. The predicted molar refractivity (Wildman–Crippen MR) is 157 cm³/mol. The highest BCUT2D eigenvalue weighted by atomic mass is 16.3. The molecule has 39 heavy (non-hydrogen) atoms. The molecule has 0 unspecified atom stereocenters. The Hall–Kier alpha value is -4.20. The minimum Gasteiger partial charge on any atom is -0.508 e. The molecule has 3 aromatic carbocycles. The number of benzene rings is 3. The number of nitrogens with one attached hydrogen (secondary N) is 3. The molecule has 0 amide bonds. The predicted octanol–water partition coefficient (Wildman–Crippen LogP) is 5.00. The number of fused-ring (bicyclic) bond motifs is 1. The number of anilines is 1. The van der Waals surface area contributed by atoms with Crippen LogP contribution < -0.4 is 10.6 Å². The van der Waals surface area contributed by atoms with Gasteiger partial charge >= 0.3 is 0 Å². The van der Waals surface area contributed by atoms with E-state index in [2.05, 4.69) is 80.2 Å². The third-order valence-corrected chi connectivity index (χ3v) is 7.40. The zero-order chi connectivity index (χ0) is 26.4. The first-order valence-corrected chi connectivity index (χ1v) is 13.6. The maximum Gasteiger partial charge on any atom is 0.223 e. The highest BCUT2D eigenvalue weighted by Gasteiger charge is 2.21. The molecule has 3 heterocycles. The molecule has 4 N–H and O–H groups in total. The quantitative estimate of drug-likeness (QED) is 0.220. The number of H-pyrrole nitrogens is 1. The average molecular weight is 519 g/mol. The van der Waals surface area contributed by atoms with Crippen LogP contribution in [0.4, 0.5) is 5.95 Å². The first-order chi connectivity index (χ1) is 19.2. The van der Waals surface area contributed by atoms with Crippen LogP contribution in [0.5, 0.6) is 5.75 Å². The Morgan fingerprint density at radius 3 is 2.79 bits per heavy atom. The summed E-state index contributed by atoms with van der Waals surface area (Å²) in [5.74, 6) is 0.908. The fraction of sp³-hybridized carbons (Fsp3) is 0.250. The standard InChI is InChI=1S/C32H34N6O/c39-28-10-8-23(9-11-28)12-14-34-32-35-15-13-30(37-32)25-5-3-4-24(18-25)21-38-17-16-33-27(22-38)19-26-20-36-31-7-2-1-6-29(26)31/h1-11,13,15,18,20,27,33,36,39H,12,14,16-17,19,21-22H2,(H,34,35,37)/t27-/m0/s1. The van der Waals surface area contributed by atoms with Crippen LogP contribution in [-0.4, -0.2) is 57.2 Å². The molecule has 7 nitrogen and oxygen atoms in total. The third kappa shape index (κ3) is 6.28. The smallest absolute Gasteiger partial charge is 0.223 e. The van der Waals surface area contributed by atoms with Crippen LogP contribution in [0.3, 0.4) is 0 Å². The summed E-state index contributed by atoms with van der Waals surface area (Å²) in [6, 6.07) is 26.9. The van der Waals surface area contributed by atoms with Gasteiger partial charge in [-0.3, -0.25) is 4.90 Å². The van der Waals surface area contributed by atoms with Crippen molar-refractivity contribution in [1.29, 1.82) is 0 Å². The minimum atomic E-state index is 0.284. The van der Waals surface area contributed by atoms with Crippen LogP contribution in [0.1, 0.15) is 16.7 Å². The van der Waals surface area contributed by atoms with Crippen molar-refractivity contribution in [1.82, 2.24) is 25.2 Å². The van der Waals surface area contributed by atoms with Crippen molar-refractivity contribution in [3.63, 3.8) is 0 Å². The van der Waals surface area contributed by atoms with Gasteiger partial charge in [0.2, 0.25) is 5.95 Å². The largest absolute Gasteiger partial charge is 0.508 e. The first-order valence-electron chi connectivity index (χ1n) is 13.6. The Morgan fingerprint density at radius 2 is 1.87 bits per heavy atom. The average Bonchev–Trinajstić information content (AvgIpc) is 3.37. The zero-order valence-corrected chi connectivity index (χ0v) is 22.0. The van der Waals surface area contributed by atoms with E-state index < -0.39 is 0 Å². The monoisotopic (exact) mass is 518 g/mol. The van der Waals surface area contributed by atoms with Gasteiger partial charge in [0.05, 0.1) is 5.69 Å². The van der Waals surface area contributed by atoms with E-state index >= 15 is 0 Å². The molecule has 5 aromatic rings. The molecule has 0 spiro atoms. The number of phenols is 1. The van der Waals surface area contributed by atoms with E-state index in [1.807, 2.05) is 24.4 Å². The van der Waals surface area contributed by atoms with Crippen molar-refractivity contribution in [2.75, 3.05) is 31.5 Å². The lowest BCUT2D eigenvalue weighted by atomic mass is 10.0. The Labute approximate surface area is 229 Å². The topological polar surface area (TPSA) is 89.1 Å². The van der Waals surface area contributed by atoms with E-state index in [9.17, 15) is 5.11 Å². The second kappa shape index (κ2) is 11.7. The molecular weight excluding hydrogens is 484 g/mol. The summed E-state index contributed by atoms with van der Waals surface area (Å²) in [5, 5.41) is 17.8. The van der Waals surface area contributed by atoms with E-state index in [1.54, 1.807) is 12.1 Å². The summed E-state index contributed by atoms with van der Waals surface area (Å²) in [7, 11) is 0. The lowest BCUT2D eigenvalue weighted by Crippen LogP contribution is -2.51. The Morgan fingerprint density at radius 1 is 0.974 bits per heavy atom. The number of aromatic amines is 1. The number of hydrogen-bond acceptors (Lipinski definition) is 6. The number of phenolic OH excluding ortho intramolecular Hbond substituents is 1. The van der Waals surface area contributed by atoms with Gasteiger partial charge in [-0.05, 0) is 59.9 Å². The summed E-state index contributed by atoms with van der Waals surface area (Å²) in [4.78, 5) is 15.1. The number of nitrogens with zero attached hydrogens (tertiary/aromatic N) is 3. The molecule has 1 aliphatic rings. The number of aromatic nitrogens is 3. The Bertz CT molecular complexity index is 1530. The zero-order valence-electron chi connectivity index (χ0n) is 22.0. The van der Waals surface area contributed by atoms with Gasteiger partial charge < -0.3 is 20.7 Å². The highest BCUT2D eigenvalue weighted by molar-refractivity contribution is 5.83. The summed E-state index contributed by atoms with van der Waals surface area (Å²) < 4.78 is 0. The number of rotatable bonds is 9. The second-order valence-corrected chi connectivity index (χ2v) is 10.3. The van der Waals surface area contributed by atoms with E-state index in [0.717, 1.165) is 62.4 Å². The van der Waals surface area contributed by atoms with Crippen molar-refractivity contribution < 1.29 is 5.11 Å². The Balaban J connectivity index is 1.07. The summed E-state index contributed by atoms with van der Waals surface area (Å²) in [6.07, 6.45) is 5.82. The summed E-state index contributed by atoms with van der Waals surface area (Å²) >= 11 is 0. The highest BCUT2D eigenvalue weighted by Crippen LogP contribution is 2.22. The number of aromatic hydroxyl groups is 1. The van der Waals surface area contributed by atoms with E-state index in [0.29, 0.717) is 12.0 Å². The fourth-order valence-corrected chi connectivity index (χ4v) is 5.41. The molecule has 6 rings (SSSR count). The van der Waals surface area contributed by atoms with Crippen molar-refractivity contribution >= 4 is 16.9 Å². The molecule has 1 atom stereocenters. The van der Waals surface area contributed by atoms with Gasteiger partial charge in [0.15, 0.2) is 0 Å². The summed E-state index contributed by atoms with van der Waals surface area (Å²) in [6.45, 7) is 4.70. The molecule has 1 aliphatic heterocycles. The minimum absolute atomic E-state index is 0.284. The molecule has 1 saturated heterocycles. The molecule has 198 valence electrons. The van der Waals surface area contributed by atoms with Gasteiger partial charge in [0.1, 0.15) is 5.75 Å². The van der Waals surface area contributed by atoms with Crippen molar-refractivity contribution in [2.45, 2.75) is 25.4 Å². The van der Waals surface area contributed by atoms with E-state index in [-0.39, 0.29) is 5.75 Å². The first kappa shape index (κ1) is 25.1. The fourth-order valence-electron chi connectivity index (χ4n) is 5.41. The van der Waals surface area contributed by atoms with Gasteiger partial charge in [-0.1, -0.05) is 48.5 Å². The molecule has 0 aliphatic carbocycles. The number of para-hydroxylation sites is 1. The molecule has 2 aromatic heterocycles. The maximum atomic E-state index is 9.46. The van der Waals surface area contributed by atoms with Crippen molar-refractivity contribution in [3.05, 3.63) is 108 Å². The van der Waals surface area contributed by atoms with Crippen LogP contribution in [0.25, 0.3) is 22.2 Å². The van der Waals surface area contributed by atoms with Crippen LogP contribution >= 0.6 is 0 Å². The third-order valence-electron chi connectivity index (χ3n) is 7.40. The molecule has 0 bridgehead atoms. The van der Waals surface area contributed by atoms with Crippen LogP contribution in [0, 0.1) is 0 Å². The molecule has 7 heteroatoms. The van der Waals surface area contributed by atoms with E-state index in [4.69, 9.17) is 4.98 Å². The van der Waals surface area contributed by atoms with Crippen LogP contribution in [0.15, 0.2) is 91.3 Å². The van der Waals surface area contributed by atoms with Gasteiger partial charge in [-0.15, -0.1) is 0 Å². The van der Waals surface area contributed by atoms with Crippen LogP contribution in [-0.2, 0) is 19.4 Å². The number of hydrogen-bond donors (Lipinski definition) is 4. The molecule has 0 saturated carbocycles. The molecule has 0 radical (unpaired) electrons. The van der Waals surface area contributed by atoms with Gasteiger partial charge in [-0.25, -0.2) is 9.97 Å². The lowest BCUT2D eigenvalue weighted by molar-refractivity contribution is 0.192. The SMILES string of the molecule is Oc1ccc(CCNc2nccc(-c3cccc(CN4CCN[C@@H](Cc5c[nH]c6ccccc56)C4)c3)n2)cc1.